The summed E-state index contributed by atoms with van der Waals surface area (Å²) in [5, 5.41) is -6.35. The highest BCUT2D eigenvalue weighted by Gasteiger charge is 2.72. The summed E-state index contributed by atoms with van der Waals surface area (Å²) in [6.45, 7) is 5.19. The number of halogens is 6. The molecule has 0 saturated carbocycles. The molecular formula is C30H36F6O5S2. The van der Waals surface area contributed by atoms with E-state index in [-0.39, 0.29) is 31.7 Å². The second kappa shape index (κ2) is 15.1. The number of rotatable bonds is 9. The van der Waals surface area contributed by atoms with Gasteiger partial charge >= 0.3 is 23.1 Å². The van der Waals surface area contributed by atoms with Crippen LogP contribution in [0.5, 0.6) is 5.75 Å². The number of esters is 1. The van der Waals surface area contributed by atoms with Crippen molar-refractivity contribution in [2.24, 2.45) is 5.41 Å². The van der Waals surface area contributed by atoms with Crippen molar-refractivity contribution < 1.29 is 48.8 Å². The van der Waals surface area contributed by atoms with E-state index in [9.17, 15) is 44.1 Å². The van der Waals surface area contributed by atoms with Crippen molar-refractivity contribution in [1.29, 1.82) is 0 Å². The minimum Gasteiger partial charge on any atom is -0.743 e. The minimum atomic E-state index is -6.86. The second-order valence-corrected chi connectivity index (χ2v) is 12.9. The Morgan fingerprint density at radius 1 is 0.744 bits per heavy atom. The zero-order valence-electron chi connectivity index (χ0n) is 22.4. The predicted molar refractivity (Wildman–Crippen MR) is 155 cm³/mol. The Morgan fingerprint density at radius 3 is 1.42 bits per heavy atom. The average Bonchev–Trinajstić information content (AvgIpc) is 2.90. The normalized spacial score (nSPS) is 12.3. The van der Waals surface area contributed by atoms with Crippen LogP contribution < -0.4 is 4.74 Å². The lowest BCUT2D eigenvalue weighted by Crippen LogP contribution is -2.56. The molecule has 3 aromatic carbocycles. The summed E-state index contributed by atoms with van der Waals surface area (Å²) in [7, 11) is -7.05. The molecule has 13 heteroatoms. The molecule has 240 valence electrons. The summed E-state index contributed by atoms with van der Waals surface area (Å²) in [6.07, 6.45) is 0.745. The van der Waals surface area contributed by atoms with E-state index in [0.29, 0.717) is 5.75 Å². The first-order valence-electron chi connectivity index (χ1n) is 12.0. The number of hydrogen-bond acceptors (Lipinski definition) is 5. The monoisotopic (exact) mass is 654 g/mol. The molecule has 0 radical (unpaired) electrons. The molecule has 3 rings (SSSR count). The zero-order valence-corrected chi connectivity index (χ0v) is 24.0. The number of benzene rings is 3. The number of alkyl halides is 6. The van der Waals surface area contributed by atoms with Gasteiger partial charge in [-0.05, 0) is 68.8 Å². The number of carbonyl (C=O) groups excluding carboxylic acids is 1. The molecule has 0 spiro atoms. The molecule has 0 aliphatic carbocycles. The summed E-state index contributed by atoms with van der Waals surface area (Å²) < 4.78 is 107. The highest BCUT2D eigenvalue weighted by Crippen LogP contribution is 2.47. The van der Waals surface area contributed by atoms with Crippen molar-refractivity contribution in [3.05, 3.63) is 84.9 Å². The van der Waals surface area contributed by atoms with Crippen molar-refractivity contribution in [3.8, 4) is 5.75 Å². The second-order valence-electron chi connectivity index (χ2n) is 9.46. The van der Waals surface area contributed by atoms with E-state index in [1.165, 1.54) is 14.7 Å². The molecule has 0 amide bonds. The maximum atomic E-state index is 12.3. The summed E-state index contributed by atoms with van der Waals surface area (Å²) in [4.78, 5) is 16.0. The summed E-state index contributed by atoms with van der Waals surface area (Å²) in [5.74, 6) is -11.2. The van der Waals surface area contributed by atoms with Gasteiger partial charge in [-0.25, -0.2) is 8.42 Å². The van der Waals surface area contributed by atoms with E-state index < -0.39 is 39.6 Å². The molecule has 0 aromatic heterocycles. The Bertz CT molecular complexity index is 1350. The fraction of sp³-hybridized carbons (Fsp3) is 0.367. The minimum absolute atomic E-state index is 0. The Balaban J connectivity index is 0.000000950. The third kappa shape index (κ3) is 9.48. The van der Waals surface area contributed by atoms with Gasteiger partial charge in [0.25, 0.3) is 0 Å². The summed E-state index contributed by atoms with van der Waals surface area (Å²) in [5.41, 5.74) is -0.475. The van der Waals surface area contributed by atoms with Crippen LogP contribution >= 0.6 is 0 Å². The molecule has 43 heavy (non-hydrogen) atoms. The van der Waals surface area contributed by atoms with Crippen LogP contribution in [0.3, 0.4) is 0 Å². The SMILES string of the molecule is C.C.CC(F)(F)C(F)(F)C(F)(F)S(=O)(=O)[O-].CCC(C)(C)C(=O)Oc1ccc([S+](c2ccccc2)c2ccccc2)cc1. The molecule has 3 aromatic rings. The molecule has 0 bridgehead atoms. The highest BCUT2D eigenvalue weighted by molar-refractivity contribution is 7.97. The van der Waals surface area contributed by atoms with Crippen LogP contribution in [0.4, 0.5) is 26.3 Å². The van der Waals surface area contributed by atoms with Crippen LogP contribution in [-0.2, 0) is 25.8 Å². The number of carbonyl (C=O) groups is 1. The molecule has 0 aliphatic heterocycles. The topological polar surface area (TPSA) is 83.5 Å². The largest absolute Gasteiger partial charge is 0.743 e. The number of hydrogen-bond donors (Lipinski definition) is 0. The van der Waals surface area contributed by atoms with E-state index in [4.69, 9.17) is 4.74 Å². The fourth-order valence-corrected chi connectivity index (χ4v) is 5.54. The standard InChI is InChI=1S/C24H25O2S.C4H4F6O3S.2CH4/c1-4-24(2,3)23(25)26-19-15-17-22(18-16-19)27(20-11-7-5-8-12-20)21-13-9-6-10-14-21;1-2(5,6)3(7,8)4(9,10)14(11,12)13;;/h5-18H,4H2,1-3H3;1H3,(H,11,12,13);2*1H4/q+1;;;/p-1. The van der Waals surface area contributed by atoms with Crippen LogP contribution in [0.15, 0.2) is 99.6 Å². The third-order valence-corrected chi connectivity index (χ3v) is 9.01. The first kappa shape index (κ1) is 40.0. The predicted octanol–water partition coefficient (Wildman–Crippen LogP) is 8.81. The quantitative estimate of drug-likeness (QED) is 0.0757. The van der Waals surface area contributed by atoms with Gasteiger partial charge in [0.05, 0.1) is 16.3 Å². The highest BCUT2D eigenvalue weighted by atomic mass is 32.2. The first-order chi connectivity index (χ1) is 18.8. The van der Waals surface area contributed by atoms with Crippen molar-refractivity contribution in [2.45, 2.75) is 80.8 Å². The van der Waals surface area contributed by atoms with E-state index in [0.717, 1.165) is 6.42 Å². The molecule has 0 unspecified atom stereocenters. The molecule has 0 heterocycles. The first-order valence-corrected chi connectivity index (χ1v) is 14.6. The molecule has 0 saturated heterocycles. The van der Waals surface area contributed by atoms with Gasteiger partial charge in [0.15, 0.2) is 24.8 Å². The molecule has 0 aliphatic rings. The van der Waals surface area contributed by atoms with Gasteiger partial charge in [0.2, 0.25) is 0 Å². The molecule has 5 nitrogen and oxygen atoms in total. The Labute approximate surface area is 252 Å². The van der Waals surface area contributed by atoms with Gasteiger partial charge in [0, 0.05) is 6.92 Å². The Kier molecular flexibility index (Phi) is 14.0. The van der Waals surface area contributed by atoms with E-state index >= 15 is 0 Å². The molecular weight excluding hydrogens is 618 g/mol. The fourth-order valence-electron chi connectivity index (χ4n) is 2.97. The molecule has 0 atom stereocenters. The van der Waals surface area contributed by atoms with Crippen LogP contribution in [0.1, 0.15) is 49.0 Å². The van der Waals surface area contributed by atoms with Crippen molar-refractivity contribution in [2.75, 3.05) is 0 Å². The van der Waals surface area contributed by atoms with Crippen LogP contribution in [-0.4, -0.2) is 36.0 Å². The van der Waals surface area contributed by atoms with Gasteiger partial charge in [-0.2, -0.15) is 26.3 Å². The maximum Gasteiger partial charge on any atom is 0.402 e. The van der Waals surface area contributed by atoms with Gasteiger partial charge in [-0.1, -0.05) is 58.2 Å². The van der Waals surface area contributed by atoms with Crippen LogP contribution in [0.25, 0.3) is 0 Å². The van der Waals surface area contributed by atoms with Crippen molar-refractivity contribution in [3.63, 3.8) is 0 Å². The number of ether oxygens (including phenoxy) is 1. The lowest BCUT2D eigenvalue weighted by molar-refractivity contribution is -0.273. The van der Waals surface area contributed by atoms with E-state index in [1.54, 1.807) is 0 Å². The molecule has 0 fully saturated rings. The van der Waals surface area contributed by atoms with Gasteiger partial charge < -0.3 is 9.29 Å². The van der Waals surface area contributed by atoms with Gasteiger partial charge in [0.1, 0.15) is 5.75 Å². The average molecular weight is 655 g/mol. The lowest BCUT2D eigenvalue weighted by atomic mass is 9.91. The Morgan fingerprint density at radius 2 is 1.12 bits per heavy atom. The van der Waals surface area contributed by atoms with Crippen LogP contribution in [0, 0.1) is 5.41 Å². The summed E-state index contributed by atoms with van der Waals surface area (Å²) in [6, 6.07) is 28.9. The zero-order chi connectivity index (χ0) is 31.3. The van der Waals surface area contributed by atoms with Crippen molar-refractivity contribution >= 4 is 27.0 Å². The Hall–Kier alpha value is -3.03. The van der Waals surface area contributed by atoms with Crippen molar-refractivity contribution in [1.82, 2.24) is 0 Å². The maximum absolute atomic E-state index is 12.3. The van der Waals surface area contributed by atoms with Gasteiger partial charge in [-0.3, -0.25) is 4.79 Å². The van der Waals surface area contributed by atoms with E-state index in [1.807, 2.05) is 45.0 Å². The lowest BCUT2D eigenvalue weighted by Gasteiger charge is -2.31. The van der Waals surface area contributed by atoms with Gasteiger partial charge in [-0.15, -0.1) is 0 Å². The third-order valence-electron chi connectivity index (χ3n) is 5.90. The smallest absolute Gasteiger partial charge is 0.402 e. The summed E-state index contributed by atoms with van der Waals surface area (Å²) >= 11 is 0. The molecule has 0 N–H and O–H groups in total. The van der Waals surface area contributed by atoms with Crippen LogP contribution in [0.2, 0.25) is 0 Å². The van der Waals surface area contributed by atoms with E-state index in [2.05, 4.69) is 60.7 Å².